The summed E-state index contributed by atoms with van der Waals surface area (Å²) in [6.45, 7) is 1.95. The molecule has 0 fully saturated rings. The van der Waals surface area contributed by atoms with Gasteiger partial charge in [-0.2, -0.15) is 0 Å². The molecule has 0 amide bonds. The molecule has 1 nitrogen and oxygen atoms in total. The number of anilines is 1. The third kappa shape index (κ3) is 2.03. The lowest BCUT2D eigenvalue weighted by Crippen LogP contribution is -2.17. The van der Waals surface area contributed by atoms with E-state index in [2.05, 4.69) is 16.8 Å². The molecule has 1 N–H and O–H groups in total. The van der Waals surface area contributed by atoms with Gasteiger partial charge in [0.2, 0.25) is 0 Å². The van der Waals surface area contributed by atoms with Crippen molar-refractivity contribution >= 4 is 17.0 Å². The molecule has 1 aliphatic rings. The van der Waals surface area contributed by atoms with Crippen LogP contribution in [0.25, 0.3) is 0 Å². The minimum atomic E-state index is -0.155. The third-order valence-corrected chi connectivity index (χ3v) is 4.59. The molecule has 1 atom stereocenters. The van der Waals surface area contributed by atoms with E-state index in [9.17, 15) is 4.39 Å². The van der Waals surface area contributed by atoms with Crippen LogP contribution in [0.15, 0.2) is 29.6 Å². The van der Waals surface area contributed by atoms with Gasteiger partial charge in [0.25, 0.3) is 0 Å². The van der Waals surface area contributed by atoms with Crippen molar-refractivity contribution in [2.45, 2.75) is 32.2 Å². The van der Waals surface area contributed by atoms with E-state index in [1.165, 1.54) is 29.3 Å². The predicted octanol–water partition coefficient (Wildman–Crippen LogP) is 4.69. The van der Waals surface area contributed by atoms with Crippen LogP contribution in [-0.4, -0.2) is 0 Å². The molecule has 0 radical (unpaired) electrons. The van der Waals surface area contributed by atoms with Crippen molar-refractivity contribution in [2.24, 2.45) is 0 Å². The first-order valence-corrected chi connectivity index (χ1v) is 7.21. The molecule has 2 aromatic rings. The maximum absolute atomic E-state index is 13.8. The number of hydrogen-bond donors (Lipinski definition) is 1. The summed E-state index contributed by atoms with van der Waals surface area (Å²) in [5.74, 6) is -0.155. The molecule has 0 spiro atoms. The Morgan fingerprint density at radius 1 is 1.33 bits per heavy atom. The molecular weight excluding hydrogens is 245 g/mol. The van der Waals surface area contributed by atoms with Crippen LogP contribution >= 0.6 is 11.3 Å². The molecule has 0 saturated heterocycles. The molecule has 3 heteroatoms. The number of nitrogens with one attached hydrogen (secondary N) is 1. The number of aryl methyl sites for hydroxylation is 2. The lowest BCUT2D eigenvalue weighted by Gasteiger charge is -2.25. The fraction of sp³-hybridized carbons (Fsp3) is 0.333. The zero-order chi connectivity index (χ0) is 12.5. The number of benzene rings is 1. The quantitative estimate of drug-likeness (QED) is 0.827. The first kappa shape index (κ1) is 11.7. The Kier molecular flexibility index (Phi) is 3.08. The summed E-state index contributed by atoms with van der Waals surface area (Å²) in [5.41, 5.74) is 2.98. The van der Waals surface area contributed by atoms with Crippen molar-refractivity contribution in [2.75, 3.05) is 5.32 Å². The molecule has 1 aromatic carbocycles. The first-order chi connectivity index (χ1) is 8.75. The summed E-state index contributed by atoms with van der Waals surface area (Å²) in [6.07, 6.45) is 3.43. The minimum Gasteiger partial charge on any atom is -0.376 e. The van der Waals surface area contributed by atoms with E-state index < -0.39 is 0 Å². The van der Waals surface area contributed by atoms with Crippen LogP contribution in [-0.2, 0) is 6.42 Å². The molecule has 18 heavy (non-hydrogen) atoms. The van der Waals surface area contributed by atoms with Gasteiger partial charge in [-0.05, 0) is 54.8 Å². The van der Waals surface area contributed by atoms with Gasteiger partial charge in [0, 0.05) is 4.88 Å². The van der Waals surface area contributed by atoms with Gasteiger partial charge in [-0.3, -0.25) is 0 Å². The van der Waals surface area contributed by atoms with Crippen LogP contribution in [0.3, 0.4) is 0 Å². The summed E-state index contributed by atoms with van der Waals surface area (Å²) >= 11 is 1.81. The zero-order valence-electron chi connectivity index (χ0n) is 10.4. The van der Waals surface area contributed by atoms with Crippen molar-refractivity contribution < 1.29 is 4.39 Å². The first-order valence-electron chi connectivity index (χ1n) is 6.33. The number of halogens is 1. The summed E-state index contributed by atoms with van der Waals surface area (Å²) in [5, 5.41) is 5.53. The van der Waals surface area contributed by atoms with E-state index in [-0.39, 0.29) is 11.9 Å². The van der Waals surface area contributed by atoms with Gasteiger partial charge in [-0.25, -0.2) is 4.39 Å². The van der Waals surface area contributed by atoms with Crippen LogP contribution in [0.4, 0.5) is 10.1 Å². The van der Waals surface area contributed by atoms with Gasteiger partial charge in [0.15, 0.2) is 0 Å². The Balaban J connectivity index is 1.91. The molecular formula is C15H16FNS. The van der Waals surface area contributed by atoms with E-state index in [0.29, 0.717) is 5.69 Å². The van der Waals surface area contributed by atoms with E-state index in [1.807, 2.05) is 24.3 Å². The Bertz CT molecular complexity index is 541. The van der Waals surface area contributed by atoms with Crippen LogP contribution in [0.1, 0.15) is 34.9 Å². The lowest BCUT2D eigenvalue weighted by molar-refractivity contribution is 0.591. The number of para-hydroxylation sites is 1. The SMILES string of the molecule is Cc1cccc(F)c1NC1CCCc2sccc21. The van der Waals surface area contributed by atoms with Gasteiger partial charge in [-0.1, -0.05) is 12.1 Å². The predicted molar refractivity (Wildman–Crippen MR) is 74.8 cm³/mol. The summed E-state index contributed by atoms with van der Waals surface area (Å²) < 4.78 is 13.8. The molecule has 0 saturated carbocycles. The Hall–Kier alpha value is -1.35. The largest absolute Gasteiger partial charge is 0.376 e. The van der Waals surface area contributed by atoms with E-state index in [0.717, 1.165) is 12.0 Å². The highest BCUT2D eigenvalue weighted by Gasteiger charge is 2.22. The monoisotopic (exact) mass is 261 g/mol. The Morgan fingerprint density at radius 2 is 2.22 bits per heavy atom. The van der Waals surface area contributed by atoms with E-state index in [1.54, 1.807) is 6.07 Å². The van der Waals surface area contributed by atoms with Crippen LogP contribution in [0.2, 0.25) is 0 Å². The summed E-state index contributed by atoms with van der Waals surface area (Å²) in [6, 6.07) is 7.66. The molecule has 1 unspecified atom stereocenters. The lowest BCUT2D eigenvalue weighted by atomic mass is 9.93. The van der Waals surface area contributed by atoms with Crippen molar-refractivity contribution in [3.05, 3.63) is 51.5 Å². The van der Waals surface area contributed by atoms with Crippen LogP contribution < -0.4 is 5.32 Å². The number of fused-ring (bicyclic) bond motifs is 1. The second kappa shape index (κ2) is 4.73. The topological polar surface area (TPSA) is 12.0 Å². The standard InChI is InChI=1S/C15H16FNS/c1-10-4-2-5-12(16)15(10)17-13-6-3-7-14-11(13)8-9-18-14/h2,4-5,8-9,13,17H,3,6-7H2,1H3. The van der Waals surface area contributed by atoms with Crippen LogP contribution in [0, 0.1) is 12.7 Å². The zero-order valence-corrected chi connectivity index (χ0v) is 11.2. The number of thiophene rings is 1. The Morgan fingerprint density at radius 3 is 3.06 bits per heavy atom. The fourth-order valence-electron chi connectivity index (χ4n) is 2.63. The summed E-state index contributed by atoms with van der Waals surface area (Å²) in [7, 11) is 0. The molecule has 1 aromatic heterocycles. The molecule has 94 valence electrons. The van der Waals surface area contributed by atoms with Crippen molar-refractivity contribution in [1.29, 1.82) is 0 Å². The van der Waals surface area contributed by atoms with Crippen molar-refractivity contribution in [1.82, 2.24) is 0 Å². The highest BCUT2D eigenvalue weighted by Crippen LogP contribution is 2.36. The van der Waals surface area contributed by atoms with Gasteiger partial charge in [0.1, 0.15) is 5.82 Å². The second-order valence-corrected chi connectivity index (χ2v) is 5.82. The molecule has 1 heterocycles. The van der Waals surface area contributed by atoms with Crippen LogP contribution in [0.5, 0.6) is 0 Å². The van der Waals surface area contributed by atoms with E-state index in [4.69, 9.17) is 0 Å². The Labute approximate surface area is 111 Å². The normalized spacial score (nSPS) is 18.4. The molecule has 0 bridgehead atoms. The van der Waals surface area contributed by atoms with Crippen molar-refractivity contribution in [3.8, 4) is 0 Å². The van der Waals surface area contributed by atoms with E-state index >= 15 is 0 Å². The van der Waals surface area contributed by atoms with Crippen molar-refractivity contribution in [3.63, 3.8) is 0 Å². The summed E-state index contributed by atoms with van der Waals surface area (Å²) in [4.78, 5) is 1.45. The molecule has 0 aliphatic heterocycles. The second-order valence-electron chi connectivity index (χ2n) is 4.82. The number of rotatable bonds is 2. The average molecular weight is 261 g/mol. The maximum Gasteiger partial charge on any atom is 0.146 e. The van der Waals surface area contributed by atoms with Gasteiger partial charge >= 0.3 is 0 Å². The number of hydrogen-bond acceptors (Lipinski definition) is 2. The molecule has 1 aliphatic carbocycles. The van der Waals surface area contributed by atoms with Gasteiger partial charge in [0.05, 0.1) is 11.7 Å². The average Bonchev–Trinajstić information content (AvgIpc) is 2.83. The fourth-order valence-corrected chi connectivity index (χ4v) is 3.61. The smallest absolute Gasteiger partial charge is 0.146 e. The van der Waals surface area contributed by atoms with Gasteiger partial charge in [-0.15, -0.1) is 11.3 Å². The highest BCUT2D eigenvalue weighted by molar-refractivity contribution is 7.10. The minimum absolute atomic E-state index is 0.155. The third-order valence-electron chi connectivity index (χ3n) is 3.59. The molecule has 3 rings (SSSR count). The maximum atomic E-state index is 13.8. The van der Waals surface area contributed by atoms with Gasteiger partial charge < -0.3 is 5.32 Å². The highest BCUT2D eigenvalue weighted by atomic mass is 32.1.